The van der Waals surface area contributed by atoms with Crippen LogP contribution in [0.4, 0.5) is 5.82 Å². The van der Waals surface area contributed by atoms with Gasteiger partial charge in [0.15, 0.2) is 0 Å². The fraction of sp³-hybridized carbons (Fsp3) is 0.227. The topological polar surface area (TPSA) is 67.4 Å². The van der Waals surface area contributed by atoms with Crippen molar-refractivity contribution in [2.24, 2.45) is 0 Å². The highest BCUT2D eigenvalue weighted by atomic mass is 16.5. The van der Waals surface area contributed by atoms with Crippen LogP contribution in [0.25, 0.3) is 0 Å². The number of ether oxygens (including phenoxy) is 1. The average Bonchev–Trinajstić information content (AvgIpc) is 2.70. The summed E-state index contributed by atoms with van der Waals surface area (Å²) in [7, 11) is 1.91. The number of pyridine rings is 2. The molecule has 3 aromatic rings. The first-order valence-electron chi connectivity index (χ1n) is 9.11. The van der Waals surface area contributed by atoms with Crippen molar-refractivity contribution in [3.05, 3.63) is 83.8 Å². The van der Waals surface area contributed by atoms with Crippen molar-refractivity contribution in [2.75, 3.05) is 18.9 Å². The van der Waals surface area contributed by atoms with Crippen LogP contribution in [0.5, 0.6) is 5.75 Å². The molecular formula is C22H24N4O2. The molecule has 0 saturated carbocycles. The Bertz CT molecular complexity index is 881. The number of aromatic nitrogens is 2. The van der Waals surface area contributed by atoms with E-state index in [2.05, 4.69) is 15.3 Å². The van der Waals surface area contributed by atoms with E-state index in [0.29, 0.717) is 19.0 Å². The predicted molar refractivity (Wildman–Crippen MR) is 109 cm³/mol. The van der Waals surface area contributed by atoms with Crippen LogP contribution in [0, 0.1) is 6.92 Å². The molecule has 1 N–H and O–H groups in total. The van der Waals surface area contributed by atoms with E-state index in [-0.39, 0.29) is 12.5 Å². The number of hydrogen-bond acceptors (Lipinski definition) is 5. The summed E-state index contributed by atoms with van der Waals surface area (Å²) in [6.07, 6.45) is 3.49. The quantitative estimate of drug-likeness (QED) is 0.652. The van der Waals surface area contributed by atoms with Gasteiger partial charge in [-0.1, -0.05) is 24.3 Å². The fourth-order valence-corrected chi connectivity index (χ4v) is 2.67. The predicted octanol–water partition coefficient (Wildman–Crippen LogP) is 3.43. The van der Waals surface area contributed by atoms with Crippen molar-refractivity contribution in [3.8, 4) is 5.75 Å². The first-order valence-corrected chi connectivity index (χ1v) is 9.11. The Kier molecular flexibility index (Phi) is 6.70. The van der Waals surface area contributed by atoms with E-state index in [1.54, 1.807) is 18.5 Å². The zero-order chi connectivity index (χ0) is 19.8. The molecule has 28 heavy (non-hydrogen) atoms. The Hall–Kier alpha value is -3.25. The van der Waals surface area contributed by atoms with Gasteiger partial charge in [0.05, 0.1) is 12.2 Å². The second-order valence-corrected chi connectivity index (χ2v) is 6.69. The van der Waals surface area contributed by atoms with E-state index in [1.165, 1.54) is 0 Å². The number of aryl methyl sites for hydroxylation is 1. The molecule has 0 saturated heterocycles. The molecular weight excluding hydrogens is 352 g/mol. The van der Waals surface area contributed by atoms with Gasteiger partial charge in [0, 0.05) is 18.9 Å². The number of nitrogens with zero attached hydrogens (tertiary/aromatic N) is 3. The van der Waals surface area contributed by atoms with Gasteiger partial charge in [0.25, 0.3) is 0 Å². The highest BCUT2D eigenvalue weighted by Crippen LogP contribution is 2.15. The van der Waals surface area contributed by atoms with Gasteiger partial charge in [-0.3, -0.25) is 14.7 Å². The van der Waals surface area contributed by atoms with Crippen molar-refractivity contribution in [1.29, 1.82) is 0 Å². The third-order valence-corrected chi connectivity index (χ3v) is 4.08. The third kappa shape index (κ3) is 6.17. The molecule has 2 aromatic heterocycles. The van der Waals surface area contributed by atoms with Crippen LogP contribution in [-0.2, 0) is 17.9 Å². The van der Waals surface area contributed by atoms with Crippen molar-refractivity contribution >= 4 is 11.7 Å². The summed E-state index contributed by atoms with van der Waals surface area (Å²) in [4.78, 5) is 22.5. The molecule has 0 radical (unpaired) electrons. The van der Waals surface area contributed by atoms with E-state index in [1.807, 2.05) is 67.4 Å². The number of benzene rings is 1. The van der Waals surface area contributed by atoms with Gasteiger partial charge in [-0.15, -0.1) is 0 Å². The molecule has 144 valence electrons. The lowest BCUT2D eigenvalue weighted by Gasteiger charge is -2.16. The summed E-state index contributed by atoms with van der Waals surface area (Å²) in [5.74, 6) is 1.27. The maximum absolute atomic E-state index is 12.2. The van der Waals surface area contributed by atoms with Gasteiger partial charge in [-0.05, 0) is 55.4 Å². The highest BCUT2D eigenvalue weighted by Gasteiger charge is 2.08. The minimum atomic E-state index is -0.0887. The van der Waals surface area contributed by atoms with Gasteiger partial charge in [0.1, 0.15) is 18.2 Å². The molecule has 0 unspecified atom stereocenters. The van der Waals surface area contributed by atoms with Crippen LogP contribution < -0.4 is 10.1 Å². The van der Waals surface area contributed by atoms with Gasteiger partial charge in [-0.25, -0.2) is 4.98 Å². The standard InChI is InChI=1S/C22H24N4O2/c1-17-6-11-21(24-13-17)25-22(27)15-26(2)14-18-7-9-20(10-8-18)28-16-19-5-3-4-12-23-19/h3-13H,14-16H2,1-2H3,(H,24,25,27). The minimum Gasteiger partial charge on any atom is -0.487 e. The SMILES string of the molecule is Cc1ccc(NC(=O)CN(C)Cc2ccc(OCc3ccccn3)cc2)nc1. The third-order valence-electron chi connectivity index (χ3n) is 4.08. The lowest BCUT2D eigenvalue weighted by Crippen LogP contribution is -2.30. The Morgan fingerprint density at radius 2 is 1.89 bits per heavy atom. The van der Waals surface area contributed by atoms with Gasteiger partial charge >= 0.3 is 0 Å². The van der Waals surface area contributed by atoms with Gasteiger partial charge in [-0.2, -0.15) is 0 Å². The van der Waals surface area contributed by atoms with Crippen molar-refractivity contribution in [1.82, 2.24) is 14.9 Å². The molecule has 6 nitrogen and oxygen atoms in total. The number of amides is 1. The zero-order valence-electron chi connectivity index (χ0n) is 16.1. The number of anilines is 1. The van der Waals surface area contributed by atoms with Crippen LogP contribution in [0.3, 0.4) is 0 Å². The van der Waals surface area contributed by atoms with E-state index in [0.717, 1.165) is 22.6 Å². The molecule has 0 spiro atoms. The molecule has 2 heterocycles. The minimum absolute atomic E-state index is 0.0887. The second kappa shape index (κ2) is 9.62. The highest BCUT2D eigenvalue weighted by molar-refractivity contribution is 5.91. The van der Waals surface area contributed by atoms with Crippen LogP contribution in [0.2, 0.25) is 0 Å². The van der Waals surface area contributed by atoms with Crippen molar-refractivity contribution in [2.45, 2.75) is 20.1 Å². The summed E-state index contributed by atoms with van der Waals surface area (Å²) in [5.41, 5.74) is 3.05. The van der Waals surface area contributed by atoms with Crippen LogP contribution in [0.15, 0.2) is 67.0 Å². The summed E-state index contributed by atoms with van der Waals surface area (Å²) in [6, 6.07) is 17.3. The van der Waals surface area contributed by atoms with Crippen molar-refractivity contribution < 1.29 is 9.53 Å². The Balaban J connectivity index is 1.45. The second-order valence-electron chi connectivity index (χ2n) is 6.69. The number of nitrogens with one attached hydrogen (secondary N) is 1. The summed E-state index contributed by atoms with van der Waals surface area (Å²) >= 11 is 0. The molecule has 0 aliphatic rings. The summed E-state index contributed by atoms with van der Waals surface area (Å²) < 4.78 is 5.74. The number of hydrogen-bond donors (Lipinski definition) is 1. The smallest absolute Gasteiger partial charge is 0.239 e. The van der Waals surface area contributed by atoms with E-state index >= 15 is 0 Å². The lowest BCUT2D eigenvalue weighted by atomic mass is 10.2. The monoisotopic (exact) mass is 376 g/mol. The van der Waals surface area contributed by atoms with Gasteiger partial charge < -0.3 is 10.1 Å². The van der Waals surface area contributed by atoms with E-state index in [4.69, 9.17) is 4.74 Å². The Morgan fingerprint density at radius 1 is 1.07 bits per heavy atom. The molecule has 0 bridgehead atoms. The normalized spacial score (nSPS) is 10.7. The number of carbonyl (C=O) groups is 1. The van der Waals surface area contributed by atoms with E-state index in [9.17, 15) is 4.79 Å². The van der Waals surface area contributed by atoms with Crippen LogP contribution >= 0.6 is 0 Å². The summed E-state index contributed by atoms with van der Waals surface area (Å²) in [6.45, 7) is 3.34. The van der Waals surface area contributed by atoms with E-state index < -0.39 is 0 Å². The molecule has 1 aromatic carbocycles. The molecule has 1 amide bonds. The zero-order valence-corrected chi connectivity index (χ0v) is 16.1. The number of carbonyl (C=O) groups excluding carboxylic acids is 1. The Morgan fingerprint density at radius 3 is 2.57 bits per heavy atom. The van der Waals surface area contributed by atoms with Crippen LogP contribution in [-0.4, -0.2) is 34.4 Å². The Labute approximate surface area is 165 Å². The molecule has 0 fully saturated rings. The maximum atomic E-state index is 12.2. The maximum Gasteiger partial charge on any atom is 0.239 e. The van der Waals surface area contributed by atoms with Crippen molar-refractivity contribution in [3.63, 3.8) is 0 Å². The number of rotatable bonds is 8. The largest absolute Gasteiger partial charge is 0.487 e. The molecule has 3 rings (SSSR count). The first kappa shape index (κ1) is 19.5. The summed E-state index contributed by atoms with van der Waals surface area (Å²) in [5, 5.41) is 2.81. The van der Waals surface area contributed by atoms with Gasteiger partial charge in [0.2, 0.25) is 5.91 Å². The first-order chi connectivity index (χ1) is 13.6. The average molecular weight is 376 g/mol. The fourth-order valence-electron chi connectivity index (χ4n) is 2.67. The number of likely N-dealkylation sites (N-methyl/N-ethyl adjacent to an activating group) is 1. The molecule has 6 heteroatoms. The molecule has 0 atom stereocenters. The lowest BCUT2D eigenvalue weighted by molar-refractivity contribution is -0.117. The molecule has 0 aliphatic carbocycles. The van der Waals surface area contributed by atoms with Crippen LogP contribution in [0.1, 0.15) is 16.8 Å². The molecule has 0 aliphatic heterocycles.